The second-order valence-corrected chi connectivity index (χ2v) is 17.8. The summed E-state index contributed by atoms with van der Waals surface area (Å²) in [4.78, 5) is 21.2. The minimum absolute atomic E-state index is 0. The van der Waals surface area contributed by atoms with Crippen LogP contribution in [0.3, 0.4) is 0 Å². The number of hydrogen-bond donors (Lipinski definition) is 1. The number of carbonyl (C=O) groups is 1. The Bertz CT molecular complexity index is 1990. The molecule has 0 bridgehead atoms. The van der Waals surface area contributed by atoms with Crippen molar-refractivity contribution in [1.82, 2.24) is 9.97 Å². The number of carbonyl (C=O) groups excluding carboxylic acids is 1. The Kier molecular flexibility index (Phi) is 14.4. The van der Waals surface area contributed by atoms with Crippen molar-refractivity contribution in [2.24, 2.45) is 22.7 Å². The number of hydrogen-bond acceptors (Lipinski definition) is 5. The van der Waals surface area contributed by atoms with Gasteiger partial charge in [-0.3, -0.25) is 9.78 Å². The van der Waals surface area contributed by atoms with E-state index in [1.165, 1.54) is 58.4 Å². The van der Waals surface area contributed by atoms with Crippen molar-refractivity contribution in [3.05, 3.63) is 83.9 Å². The summed E-state index contributed by atoms with van der Waals surface area (Å²) in [6.07, 6.45) is 12.9. The zero-order valence-corrected chi connectivity index (χ0v) is 36.1. The molecule has 1 saturated carbocycles. The van der Waals surface area contributed by atoms with Crippen molar-refractivity contribution in [3.8, 4) is 11.3 Å². The number of aliphatic hydroxyl groups excluding tert-OH is 1. The van der Waals surface area contributed by atoms with Crippen LogP contribution >= 0.6 is 11.3 Å². The minimum atomic E-state index is 0. The van der Waals surface area contributed by atoms with Crippen molar-refractivity contribution in [2.75, 3.05) is 0 Å². The van der Waals surface area contributed by atoms with Crippen molar-refractivity contribution in [1.29, 1.82) is 0 Å². The molecular formula is C46H59IrN2O2S-. The Morgan fingerprint density at radius 1 is 0.942 bits per heavy atom. The Balaban J connectivity index is 0.000000323. The second-order valence-electron chi connectivity index (χ2n) is 16.7. The molecular weight excluding hydrogens is 837 g/mol. The monoisotopic (exact) mass is 896 g/mol. The van der Waals surface area contributed by atoms with Crippen LogP contribution in [0, 0.1) is 28.7 Å². The molecule has 281 valence electrons. The molecule has 5 aromatic rings. The number of fused-ring (bicyclic) bond motifs is 4. The molecule has 0 aliphatic heterocycles. The van der Waals surface area contributed by atoms with Crippen molar-refractivity contribution >= 4 is 48.2 Å². The molecule has 1 N–H and O–H groups in total. The summed E-state index contributed by atoms with van der Waals surface area (Å²) in [5, 5.41) is 13.4. The number of thiophene rings is 1. The Labute approximate surface area is 330 Å². The summed E-state index contributed by atoms with van der Waals surface area (Å²) < 4.78 is 2.48. The van der Waals surface area contributed by atoms with Gasteiger partial charge in [-0.1, -0.05) is 103 Å². The SMILES string of the molecule is CC(C)(C)Cc1ccc2[c-]c(-c3ncnc4c3sc3cc(C5CCC(C)(C)CC5)ccc34)ccc2c1.CCC(CC)C(=O)/C=C(\O)C(CC)CC.[Ir]. The summed E-state index contributed by atoms with van der Waals surface area (Å²) in [6.45, 7) is 19.8. The third-order valence-corrected chi connectivity index (χ3v) is 12.1. The van der Waals surface area contributed by atoms with Gasteiger partial charge in [0.05, 0.1) is 11.3 Å². The van der Waals surface area contributed by atoms with E-state index in [0.717, 1.165) is 59.0 Å². The van der Waals surface area contributed by atoms with E-state index in [1.54, 1.807) is 6.33 Å². The first-order valence-electron chi connectivity index (χ1n) is 19.3. The summed E-state index contributed by atoms with van der Waals surface area (Å²) in [5.41, 5.74) is 6.73. The fourth-order valence-electron chi connectivity index (χ4n) is 7.63. The summed E-state index contributed by atoms with van der Waals surface area (Å²) in [7, 11) is 0. The number of nitrogens with zero attached hydrogens (tertiary/aromatic N) is 2. The fraction of sp³-hybridized carbons (Fsp3) is 0.500. The summed E-state index contributed by atoms with van der Waals surface area (Å²) >= 11 is 1.83. The van der Waals surface area contributed by atoms with Crippen molar-refractivity contribution in [2.45, 2.75) is 126 Å². The molecule has 1 radical (unpaired) electrons. The molecule has 4 nitrogen and oxygen atoms in total. The zero-order chi connectivity index (χ0) is 36.9. The maximum atomic E-state index is 11.7. The molecule has 1 aliphatic rings. The van der Waals surface area contributed by atoms with E-state index in [0.29, 0.717) is 11.3 Å². The average molecular weight is 896 g/mol. The van der Waals surface area contributed by atoms with Crippen LogP contribution in [0.25, 0.3) is 42.3 Å². The average Bonchev–Trinajstić information content (AvgIpc) is 3.47. The third kappa shape index (κ3) is 10.2. The number of rotatable bonds is 10. The van der Waals surface area contributed by atoms with Crippen molar-refractivity contribution < 1.29 is 30.0 Å². The molecule has 52 heavy (non-hydrogen) atoms. The van der Waals surface area contributed by atoms with Crippen LogP contribution in [0.5, 0.6) is 0 Å². The van der Waals surface area contributed by atoms with Crippen LogP contribution in [0.15, 0.2) is 66.7 Å². The second kappa shape index (κ2) is 17.9. The predicted molar refractivity (Wildman–Crippen MR) is 219 cm³/mol. The molecule has 1 aliphatic carbocycles. The van der Waals surface area contributed by atoms with E-state index in [2.05, 4.69) is 89.2 Å². The van der Waals surface area contributed by atoms with E-state index in [4.69, 9.17) is 9.97 Å². The van der Waals surface area contributed by atoms with E-state index in [-0.39, 0.29) is 48.9 Å². The van der Waals surface area contributed by atoms with Gasteiger partial charge in [-0.2, -0.15) is 0 Å². The van der Waals surface area contributed by atoms with E-state index < -0.39 is 0 Å². The van der Waals surface area contributed by atoms with Gasteiger partial charge in [0, 0.05) is 58.5 Å². The van der Waals surface area contributed by atoms with Gasteiger partial charge in [0.1, 0.15) is 6.33 Å². The standard InChI is InChI=1S/C33H35N2S.C13H24O2.Ir/c1-32(2,3)19-21-6-7-24-17-26(9-8-23(24)16-21)29-31-30(35-20-34-29)27-11-10-25(18-28(27)36-31)22-12-14-33(4,5)15-13-22;1-5-10(6-2)12(14)9-13(15)11(7-3)8-4;/h6-11,16,18,20,22H,12-15,19H2,1-5H3;9-11,14H,5-8H2,1-4H3;/q-1;;/b;12-9-;. The van der Waals surface area contributed by atoms with Gasteiger partial charge < -0.3 is 5.11 Å². The van der Waals surface area contributed by atoms with Crippen LogP contribution in [0.2, 0.25) is 0 Å². The number of aliphatic hydroxyl groups is 1. The topological polar surface area (TPSA) is 63.1 Å². The van der Waals surface area contributed by atoms with Crippen LogP contribution < -0.4 is 0 Å². The molecule has 0 unspecified atom stereocenters. The summed E-state index contributed by atoms with van der Waals surface area (Å²) in [6, 6.07) is 21.9. The number of ketones is 1. The van der Waals surface area contributed by atoms with Crippen molar-refractivity contribution in [3.63, 3.8) is 0 Å². The van der Waals surface area contributed by atoms with Crippen LogP contribution in [-0.2, 0) is 31.3 Å². The molecule has 6 rings (SSSR count). The number of benzene rings is 3. The van der Waals surface area contributed by atoms with Gasteiger partial charge in [-0.15, -0.1) is 41.0 Å². The Morgan fingerprint density at radius 3 is 2.25 bits per heavy atom. The van der Waals surface area contributed by atoms with Gasteiger partial charge in [0.25, 0.3) is 0 Å². The fourth-order valence-corrected chi connectivity index (χ4v) is 8.84. The molecule has 0 spiro atoms. The maximum Gasteiger partial charge on any atom is 0.162 e. The third-order valence-electron chi connectivity index (χ3n) is 11.0. The van der Waals surface area contributed by atoms with Gasteiger partial charge in [-0.25, -0.2) is 4.98 Å². The van der Waals surface area contributed by atoms with Crippen LogP contribution in [0.4, 0.5) is 0 Å². The number of aromatic nitrogens is 2. The van der Waals surface area contributed by atoms with E-state index in [1.807, 2.05) is 39.0 Å². The van der Waals surface area contributed by atoms with E-state index >= 15 is 0 Å². The largest absolute Gasteiger partial charge is 0.512 e. The zero-order valence-electron chi connectivity index (χ0n) is 32.9. The van der Waals surface area contributed by atoms with Gasteiger partial charge in [0.2, 0.25) is 0 Å². The molecule has 0 saturated heterocycles. The Hall–Kier alpha value is -2.92. The summed E-state index contributed by atoms with van der Waals surface area (Å²) in [5.74, 6) is 1.22. The first-order chi connectivity index (χ1) is 24.2. The molecule has 0 amide bonds. The molecule has 2 heterocycles. The number of allylic oxidation sites excluding steroid dienone is 2. The van der Waals surface area contributed by atoms with Gasteiger partial charge >= 0.3 is 0 Å². The normalized spacial score (nSPS) is 15.2. The first kappa shape index (κ1) is 41.8. The smallest absolute Gasteiger partial charge is 0.162 e. The maximum absolute atomic E-state index is 11.7. The molecule has 0 atom stereocenters. The molecule has 2 aromatic heterocycles. The first-order valence-corrected chi connectivity index (χ1v) is 20.1. The minimum Gasteiger partial charge on any atom is -0.512 e. The van der Waals surface area contributed by atoms with Crippen LogP contribution in [-0.4, -0.2) is 20.9 Å². The van der Waals surface area contributed by atoms with E-state index in [9.17, 15) is 9.90 Å². The quantitative estimate of drug-likeness (QED) is 0.0862. The van der Waals surface area contributed by atoms with Gasteiger partial charge in [-0.05, 0) is 86.2 Å². The van der Waals surface area contributed by atoms with Gasteiger partial charge in [0.15, 0.2) is 5.78 Å². The molecule has 3 aromatic carbocycles. The predicted octanol–water partition coefficient (Wildman–Crippen LogP) is 13.6. The molecule has 6 heteroatoms. The molecule has 1 fully saturated rings. The Morgan fingerprint density at radius 2 is 1.62 bits per heavy atom. The van der Waals surface area contributed by atoms with Crippen LogP contribution in [0.1, 0.15) is 131 Å².